The van der Waals surface area contributed by atoms with Crippen LogP contribution in [0.25, 0.3) is 0 Å². The Morgan fingerprint density at radius 3 is 2.57 bits per heavy atom. The molecule has 1 saturated carbocycles. The van der Waals surface area contributed by atoms with Crippen LogP contribution < -0.4 is 10.2 Å². The molecular formula is C15H20F3N3. The Bertz CT molecular complexity index is 510. The van der Waals surface area contributed by atoms with Gasteiger partial charge < -0.3 is 10.2 Å². The molecule has 0 aromatic carbocycles. The summed E-state index contributed by atoms with van der Waals surface area (Å²) in [5.74, 6) is 0.676. The van der Waals surface area contributed by atoms with E-state index in [-0.39, 0.29) is 11.6 Å². The molecule has 1 N–H and O–H groups in total. The molecule has 0 radical (unpaired) electrons. The van der Waals surface area contributed by atoms with Crippen LogP contribution >= 0.6 is 0 Å². The molecular weight excluding hydrogens is 279 g/mol. The zero-order valence-electron chi connectivity index (χ0n) is 12.2. The third-order valence-electron chi connectivity index (χ3n) is 4.68. The van der Waals surface area contributed by atoms with Crippen molar-refractivity contribution in [1.29, 1.82) is 0 Å². The molecule has 1 aliphatic carbocycles. The Kier molecular flexibility index (Phi) is 3.39. The molecule has 3 nitrogen and oxygen atoms in total. The minimum Gasteiger partial charge on any atom is -0.364 e. The largest absolute Gasteiger partial charge is 0.433 e. The van der Waals surface area contributed by atoms with Gasteiger partial charge in [0.15, 0.2) is 0 Å². The lowest BCUT2D eigenvalue weighted by Gasteiger charge is -2.46. The fourth-order valence-electron chi connectivity index (χ4n) is 3.12. The Morgan fingerprint density at radius 1 is 1.33 bits per heavy atom. The Hall–Kier alpha value is -1.30. The van der Waals surface area contributed by atoms with Crippen molar-refractivity contribution < 1.29 is 13.2 Å². The van der Waals surface area contributed by atoms with Gasteiger partial charge in [-0.25, -0.2) is 4.98 Å². The first-order chi connectivity index (χ1) is 9.79. The number of hydrogen-bond acceptors (Lipinski definition) is 3. The van der Waals surface area contributed by atoms with E-state index in [1.165, 1.54) is 25.1 Å². The number of hydrogen-bond donors (Lipinski definition) is 1. The van der Waals surface area contributed by atoms with Gasteiger partial charge in [-0.1, -0.05) is 0 Å². The molecule has 1 aromatic heterocycles. The van der Waals surface area contributed by atoms with Crippen LogP contribution in [0.5, 0.6) is 0 Å². The Balaban J connectivity index is 1.81. The SMILES string of the molecule is CC1CNC(C)(C2CC2)CN1c1ccc(C(F)(F)F)nc1. The minimum absolute atomic E-state index is 0.0508. The molecule has 2 heterocycles. The van der Waals surface area contributed by atoms with E-state index in [0.29, 0.717) is 5.92 Å². The number of piperazine rings is 1. The molecule has 2 atom stereocenters. The van der Waals surface area contributed by atoms with Crippen molar-refractivity contribution >= 4 is 5.69 Å². The summed E-state index contributed by atoms with van der Waals surface area (Å²) in [5.41, 5.74) is -0.0160. The number of anilines is 1. The number of nitrogens with one attached hydrogen (secondary N) is 1. The van der Waals surface area contributed by atoms with E-state index in [1.54, 1.807) is 0 Å². The lowest BCUT2D eigenvalue weighted by atomic mass is 9.91. The van der Waals surface area contributed by atoms with Gasteiger partial charge in [-0.05, 0) is 44.7 Å². The number of pyridine rings is 1. The minimum atomic E-state index is -4.38. The summed E-state index contributed by atoms with van der Waals surface area (Å²) in [6.45, 7) is 5.94. The predicted molar refractivity (Wildman–Crippen MR) is 75.2 cm³/mol. The molecule has 1 saturated heterocycles. The highest BCUT2D eigenvalue weighted by molar-refractivity contribution is 5.47. The van der Waals surface area contributed by atoms with E-state index in [2.05, 4.69) is 29.0 Å². The second kappa shape index (κ2) is 4.87. The standard InChI is InChI=1S/C15H20F3N3/c1-10-7-20-14(2,11-3-4-11)9-21(10)12-5-6-13(19-8-12)15(16,17)18/h5-6,8,10-11,20H,3-4,7,9H2,1-2H3. The van der Waals surface area contributed by atoms with Crippen LogP contribution in [0.15, 0.2) is 18.3 Å². The van der Waals surface area contributed by atoms with Gasteiger partial charge >= 0.3 is 6.18 Å². The van der Waals surface area contributed by atoms with Crippen LogP contribution in [0, 0.1) is 5.92 Å². The lowest BCUT2D eigenvalue weighted by molar-refractivity contribution is -0.141. The third kappa shape index (κ3) is 2.86. The predicted octanol–water partition coefficient (Wildman–Crippen LogP) is 3.07. The third-order valence-corrected chi connectivity index (χ3v) is 4.68. The second-order valence-electron chi connectivity index (χ2n) is 6.45. The topological polar surface area (TPSA) is 28.2 Å². The molecule has 3 rings (SSSR count). The maximum atomic E-state index is 12.6. The summed E-state index contributed by atoms with van der Waals surface area (Å²) in [7, 11) is 0. The van der Waals surface area contributed by atoms with Crippen LogP contribution in [-0.2, 0) is 6.18 Å². The van der Waals surface area contributed by atoms with Crippen molar-refractivity contribution in [2.75, 3.05) is 18.0 Å². The molecule has 2 unspecified atom stereocenters. The maximum absolute atomic E-state index is 12.6. The van der Waals surface area contributed by atoms with Crippen LogP contribution in [-0.4, -0.2) is 29.7 Å². The Morgan fingerprint density at radius 2 is 2.05 bits per heavy atom. The van der Waals surface area contributed by atoms with E-state index in [0.717, 1.165) is 24.8 Å². The number of halogens is 3. The van der Waals surface area contributed by atoms with Gasteiger partial charge in [0.1, 0.15) is 5.69 Å². The van der Waals surface area contributed by atoms with E-state index in [1.807, 2.05) is 0 Å². The highest BCUT2D eigenvalue weighted by atomic mass is 19.4. The van der Waals surface area contributed by atoms with E-state index in [9.17, 15) is 13.2 Å². The van der Waals surface area contributed by atoms with Gasteiger partial charge in [-0.15, -0.1) is 0 Å². The summed E-state index contributed by atoms with van der Waals surface area (Å²) in [6, 6.07) is 2.85. The number of aromatic nitrogens is 1. The van der Waals surface area contributed by atoms with Gasteiger partial charge in [-0.3, -0.25) is 0 Å². The monoisotopic (exact) mass is 299 g/mol. The Labute approximate surface area is 122 Å². The van der Waals surface area contributed by atoms with Crippen LogP contribution in [0.4, 0.5) is 18.9 Å². The smallest absolute Gasteiger partial charge is 0.364 e. The first kappa shape index (κ1) is 14.6. The fraction of sp³-hybridized carbons (Fsp3) is 0.667. The lowest BCUT2D eigenvalue weighted by Crippen LogP contribution is -2.63. The molecule has 116 valence electrons. The summed E-state index contributed by atoms with van der Waals surface area (Å²) in [5, 5.41) is 3.60. The van der Waals surface area contributed by atoms with Crippen molar-refractivity contribution in [3.63, 3.8) is 0 Å². The summed E-state index contributed by atoms with van der Waals surface area (Å²) >= 11 is 0. The molecule has 21 heavy (non-hydrogen) atoms. The van der Waals surface area contributed by atoms with Gasteiger partial charge in [0, 0.05) is 24.7 Å². The average molecular weight is 299 g/mol. The quantitative estimate of drug-likeness (QED) is 0.909. The van der Waals surface area contributed by atoms with Crippen molar-refractivity contribution in [2.45, 2.75) is 44.4 Å². The molecule has 2 fully saturated rings. The molecule has 1 aromatic rings. The normalized spacial score (nSPS) is 30.5. The molecule has 0 amide bonds. The van der Waals surface area contributed by atoms with Crippen LogP contribution in [0.3, 0.4) is 0 Å². The first-order valence-electron chi connectivity index (χ1n) is 7.34. The van der Waals surface area contributed by atoms with Gasteiger partial charge in [0.2, 0.25) is 0 Å². The number of rotatable bonds is 2. The van der Waals surface area contributed by atoms with Crippen molar-refractivity contribution in [2.24, 2.45) is 5.92 Å². The zero-order valence-corrected chi connectivity index (χ0v) is 12.2. The fourth-order valence-corrected chi connectivity index (χ4v) is 3.12. The van der Waals surface area contributed by atoms with E-state index >= 15 is 0 Å². The van der Waals surface area contributed by atoms with Crippen LogP contribution in [0.2, 0.25) is 0 Å². The summed E-state index contributed by atoms with van der Waals surface area (Å²) < 4.78 is 37.8. The first-order valence-corrected chi connectivity index (χ1v) is 7.34. The van der Waals surface area contributed by atoms with E-state index < -0.39 is 11.9 Å². The summed E-state index contributed by atoms with van der Waals surface area (Å²) in [4.78, 5) is 5.75. The van der Waals surface area contributed by atoms with Crippen LogP contribution in [0.1, 0.15) is 32.4 Å². The van der Waals surface area contributed by atoms with Gasteiger partial charge in [-0.2, -0.15) is 13.2 Å². The van der Waals surface area contributed by atoms with Crippen molar-refractivity contribution in [3.05, 3.63) is 24.0 Å². The maximum Gasteiger partial charge on any atom is 0.433 e. The highest BCUT2D eigenvalue weighted by Crippen LogP contribution is 2.42. The summed E-state index contributed by atoms with van der Waals surface area (Å²) in [6.07, 6.45) is -0.567. The molecule has 0 spiro atoms. The molecule has 2 aliphatic rings. The molecule has 6 heteroatoms. The van der Waals surface area contributed by atoms with Crippen molar-refractivity contribution in [1.82, 2.24) is 10.3 Å². The van der Waals surface area contributed by atoms with Gasteiger partial charge in [0.25, 0.3) is 0 Å². The molecule has 0 bridgehead atoms. The second-order valence-corrected chi connectivity index (χ2v) is 6.45. The molecule has 1 aliphatic heterocycles. The number of nitrogens with zero attached hydrogens (tertiary/aromatic N) is 2. The van der Waals surface area contributed by atoms with Crippen molar-refractivity contribution in [3.8, 4) is 0 Å². The highest BCUT2D eigenvalue weighted by Gasteiger charge is 2.45. The van der Waals surface area contributed by atoms with E-state index in [4.69, 9.17) is 0 Å². The number of alkyl halides is 3. The average Bonchev–Trinajstić information content (AvgIpc) is 3.26. The van der Waals surface area contributed by atoms with Gasteiger partial charge in [0.05, 0.1) is 11.9 Å². The zero-order chi connectivity index (χ0) is 15.3.